The molecule has 0 bridgehead atoms. The molecular formula is C10H13FN2O3S. The topological polar surface area (TPSA) is 66.5 Å². The molecule has 1 N–H and O–H groups in total. The number of halogens is 1. The van der Waals surface area contributed by atoms with Gasteiger partial charge in [-0.05, 0) is 19.1 Å². The van der Waals surface area contributed by atoms with Crippen LogP contribution in [0, 0.1) is 0 Å². The van der Waals surface area contributed by atoms with Crippen molar-refractivity contribution in [1.82, 2.24) is 10.2 Å². The first kappa shape index (κ1) is 12.3. The van der Waals surface area contributed by atoms with Crippen molar-refractivity contribution in [3.8, 4) is 0 Å². The lowest BCUT2D eigenvalue weighted by molar-refractivity contribution is -0.145. The first-order valence-corrected chi connectivity index (χ1v) is 6.70. The summed E-state index contributed by atoms with van der Waals surface area (Å²) in [5.74, 6) is -2.18. The number of carbonyl (C=O) groups is 3. The van der Waals surface area contributed by atoms with Gasteiger partial charge >= 0.3 is 6.03 Å². The number of urea groups is 1. The fraction of sp³-hybridized carbons (Fsp3) is 0.700. The van der Waals surface area contributed by atoms with Crippen LogP contribution in [0.4, 0.5) is 9.18 Å². The number of hydrogen-bond donors (Lipinski definition) is 1. The molecule has 0 spiro atoms. The van der Waals surface area contributed by atoms with Crippen LogP contribution in [0.25, 0.3) is 0 Å². The first-order valence-electron chi connectivity index (χ1n) is 5.41. The maximum atomic E-state index is 13.3. The minimum absolute atomic E-state index is 0.130. The molecule has 0 aromatic heterocycles. The van der Waals surface area contributed by atoms with E-state index in [4.69, 9.17) is 0 Å². The molecule has 3 unspecified atom stereocenters. The van der Waals surface area contributed by atoms with E-state index in [0.29, 0.717) is 6.42 Å². The Morgan fingerprint density at radius 3 is 2.71 bits per heavy atom. The lowest BCUT2D eigenvalue weighted by Gasteiger charge is -2.34. The highest BCUT2D eigenvalue weighted by Crippen LogP contribution is 2.33. The van der Waals surface area contributed by atoms with Crippen molar-refractivity contribution < 1.29 is 18.8 Å². The van der Waals surface area contributed by atoms with Gasteiger partial charge in [0.25, 0.3) is 18.0 Å². The lowest BCUT2D eigenvalue weighted by atomic mass is 10.1. The van der Waals surface area contributed by atoms with Crippen LogP contribution in [-0.4, -0.2) is 46.5 Å². The van der Waals surface area contributed by atoms with Crippen molar-refractivity contribution >= 4 is 29.6 Å². The van der Waals surface area contributed by atoms with Crippen LogP contribution in [-0.2, 0) is 9.59 Å². The number of hydrogen-bond acceptors (Lipinski definition) is 4. The summed E-state index contributed by atoms with van der Waals surface area (Å²) in [4.78, 5) is 35.1. The summed E-state index contributed by atoms with van der Waals surface area (Å²) >= 11 is 1.56. The van der Waals surface area contributed by atoms with E-state index < -0.39 is 24.0 Å². The third-order valence-electron chi connectivity index (χ3n) is 3.19. The van der Waals surface area contributed by atoms with E-state index >= 15 is 0 Å². The number of amides is 4. The third kappa shape index (κ3) is 2.03. The molecule has 0 radical (unpaired) electrons. The summed E-state index contributed by atoms with van der Waals surface area (Å²) in [7, 11) is 0. The molecule has 1 aliphatic heterocycles. The molecule has 2 fully saturated rings. The highest BCUT2D eigenvalue weighted by atomic mass is 32.2. The zero-order chi connectivity index (χ0) is 12.6. The number of alkyl halides is 1. The highest BCUT2D eigenvalue weighted by molar-refractivity contribution is 7.99. The lowest BCUT2D eigenvalue weighted by Crippen LogP contribution is -2.62. The van der Waals surface area contributed by atoms with Crippen LogP contribution in [0.5, 0.6) is 0 Å². The average molecular weight is 260 g/mol. The molecule has 1 saturated carbocycles. The summed E-state index contributed by atoms with van der Waals surface area (Å²) in [5, 5.41) is 2.00. The Kier molecular flexibility index (Phi) is 3.37. The Hall–Kier alpha value is -1.11. The number of thioether (sulfide) groups is 1. The molecule has 94 valence electrons. The Morgan fingerprint density at radius 1 is 1.35 bits per heavy atom. The fourth-order valence-electron chi connectivity index (χ4n) is 2.35. The highest BCUT2D eigenvalue weighted by Gasteiger charge is 2.46. The fourth-order valence-corrected chi connectivity index (χ4v) is 3.33. The van der Waals surface area contributed by atoms with Gasteiger partial charge < -0.3 is 0 Å². The summed E-state index contributed by atoms with van der Waals surface area (Å²) < 4.78 is 13.3. The van der Waals surface area contributed by atoms with Gasteiger partial charge in [-0.25, -0.2) is 9.18 Å². The number of imide groups is 2. The zero-order valence-electron chi connectivity index (χ0n) is 9.31. The molecule has 7 heteroatoms. The van der Waals surface area contributed by atoms with Gasteiger partial charge in [0.2, 0.25) is 0 Å². The second kappa shape index (κ2) is 4.64. The zero-order valence-corrected chi connectivity index (χ0v) is 10.1. The van der Waals surface area contributed by atoms with E-state index in [0.717, 1.165) is 17.7 Å². The Labute approximate surface area is 102 Å². The van der Waals surface area contributed by atoms with Crippen LogP contribution >= 0.6 is 11.8 Å². The summed E-state index contributed by atoms with van der Waals surface area (Å²) in [6, 6.07) is -1.09. The summed E-state index contributed by atoms with van der Waals surface area (Å²) in [6.45, 7) is 0. The van der Waals surface area contributed by atoms with Crippen molar-refractivity contribution in [2.45, 2.75) is 36.7 Å². The molecule has 0 aromatic rings. The number of nitrogens with zero attached hydrogens (tertiary/aromatic N) is 1. The van der Waals surface area contributed by atoms with Crippen LogP contribution in [0.2, 0.25) is 0 Å². The molecule has 5 nitrogen and oxygen atoms in total. The van der Waals surface area contributed by atoms with E-state index in [9.17, 15) is 18.8 Å². The minimum atomic E-state index is -2.25. The number of carbonyl (C=O) groups excluding carboxylic acids is 3. The normalized spacial score (nSPS) is 34.1. The number of rotatable bonds is 2. The van der Waals surface area contributed by atoms with Gasteiger partial charge in [0.05, 0.1) is 6.04 Å². The monoisotopic (exact) mass is 260 g/mol. The van der Waals surface area contributed by atoms with Gasteiger partial charge in [0, 0.05) is 5.25 Å². The number of nitrogens with one attached hydrogen (secondary N) is 1. The van der Waals surface area contributed by atoms with Gasteiger partial charge in [-0.2, -0.15) is 11.8 Å². The van der Waals surface area contributed by atoms with E-state index in [-0.39, 0.29) is 11.3 Å². The van der Waals surface area contributed by atoms with Gasteiger partial charge in [-0.3, -0.25) is 19.8 Å². The molecule has 1 heterocycles. The molecule has 1 aliphatic carbocycles. The molecule has 2 aliphatic rings. The second-order valence-electron chi connectivity index (χ2n) is 4.14. The van der Waals surface area contributed by atoms with Crippen molar-refractivity contribution in [3.63, 3.8) is 0 Å². The van der Waals surface area contributed by atoms with Gasteiger partial charge in [-0.1, -0.05) is 6.42 Å². The number of barbiturate groups is 1. The molecule has 17 heavy (non-hydrogen) atoms. The Bertz CT molecular complexity index is 377. The second-order valence-corrected chi connectivity index (χ2v) is 5.21. The maximum Gasteiger partial charge on any atom is 0.331 e. The van der Waals surface area contributed by atoms with Crippen molar-refractivity contribution in [2.24, 2.45) is 0 Å². The molecule has 2 rings (SSSR count). The van der Waals surface area contributed by atoms with E-state index in [1.165, 1.54) is 0 Å². The first-order chi connectivity index (χ1) is 8.06. The SMILES string of the molecule is CSC1CCCC1N1C(=O)NC(=O)C(F)C1=O. The van der Waals surface area contributed by atoms with Crippen LogP contribution in [0.15, 0.2) is 0 Å². The average Bonchev–Trinajstić information content (AvgIpc) is 2.74. The Balaban J connectivity index is 2.21. The molecule has 4 amide bonds. The smallest absolute Gasteiger partial charge is 0.275 e. The molecule has 3 atom stereocenters. The van der Waals surface area contributed by atoms with Gasteiger partial charge in [0.1, 0.15) is 0 Å². The predicted molar refractivity (Wildman–Crippen MR) is 60.2 cm³/mol. The largest absolute Gasteiger partial charge is 0.331 e. The standard InChI is InChI=1S/C10H13FN2O3S/c1-17-6-4-2-3-5(6)13-9(15)7(11)8(14)12-10(13)16/h5-7H,2-4H2,1H3,(H,12,14,16). The van der Waals surface area contributed by atoms with E-state index in [2.05, 4.69) is 0 Å². The van der Waals surface area contributed by atoms with Crippen molar-refractivity contribution in [2.75, 3.05) is 6.26 Å². The third-order valence-corrected chi connectivity index (χ3v) is 4.34. The van der Waals surface area contributed by atoms with Crippen molar-refractivity contribution in [1.29, 1.82) is 0 Å². The molecule has 1 saturated heterocycles. The van der Waals surface area contributed by atoms with Crippen LogP contribution in [0.3, 0.4) is 0 Å². The van der Waals surface area contributed by atoms with Crippen LogP contribution in [0.1, 0.15) is 19.3 Å². The van der Waals surface area contributed by atoms with Crippen molar-refractivity contribution in [3.05, 3.63) is 0 Å². The predicted octanol–water partition coefficient (Wildman–Crippen LogP) is 0.687. The van der Waals surface area contributed by atoms with Crippen LogP contribution < -0.4 is 5.32 Å². The van der Waals surface area contributed by atoms with Gasteiger partial charge in [-0.15, -0.1) is 0 Å². The van der Waals surface area contributed by atoms with Gasteiger partial charge in [0.15, 0.2) is 0 Å². The quantitative estimate of drug-likeness (QED) is 0.742. The summed E-state index contributed by atoms with van der Waals surface area (Å²) in [6.07, 6.45) is 2.11. The molecular weight excluding hydrogens is 247 g/mol. The van der Waals surface area contributed by atoms with E-state index in [1.807, 2.05) is 11.6 Å². The van der Waals surface area contributed by atoms with E-state index in [1.54, 1.807) is 11.8 Å². The summed E-state index contributed by atoms with van der Waals surface area (Å²) in [5.41, 5.74) is 0. The molecule has 0 aromatic carbocycles. The minimum Gasteiger partial charge on any atom is -0.275 e. The Morgan fingerprint density at radius 2 is 2.06 bits per heavy atom. The maximum absolute atomic E-state index is 13.3.